The topological polar surface area (TPSA) is 83.0 Å². The van der Waals surface area contributed by atoms with Crippen LogP contribution in [0.1, 0.15) is 18.9 Å². The maximum atomic E-state index is 12.5. The lowest BCUT2D eigenvalue weighted by Crippen LogP contribution is -2.58. The van der Waals surface area contributed by atoms with Crippen LogP contribution < -0.4 is 0 Å². The van der Waals surface area contributed by atoms with E-state index in [4.69, 9.17) is 10.3 Å². The first kappa shape index (κ1) is 14.8. The molecule has 0 aromatic heterocycles. The molecular formula is C15H15N3O3S. The minimum atomic E-state index is -0.778. The number of carbonyl (C=O) groups is 2. The van der Waals surface area contributed by atoms with E-state index >= 15 is 0 Å². The first-order valence-corrected chi connectivity index (χ1v) is 7.81. The first-order valence-electron chi connectivity index (χ1n) is 6.93. The predicted octanol–water partition coefficient (Wildman–Crippen LogP) is 1.46. The molecule has 2 aliphatic rings. The lowest BCUT2D eigenvalue weighted by atomic mass is 9.97. The molecule has 0 N–H and O–H groups in total. The van der Waals surface area contributed by atoms with Crippen molar-refractivity contribution in [1.82, 2.24) is 4.90 Å². The van der Waals surface area contributed by atoms with Crippen LogP contribution in [0.25, 0.3) is 5.53 Å². The van der Waals surface area contributed by atoms with Crippen LogP contribution in [-0.2, 0) is 20.9 Å². The van der Waals surface area contributed by atoms with E-state index in [-0.39, 0.29) is 17.9 Å². The Hall–Kier alpha value is -2.11. The summed E-state index contributed by atoms with van der Waals surface area (Å²) in [6.45, 7) is 1.93. The van der Waals surface area contributed by atoms with Gasteiger partial charge in [-0.1, -0.05) is 30.3 Å². The Balaban J connectivity index is 1.76. The molecule has 0 aliphatic carbocycles. The standard InChI is InChI=1S/C15H15N3O3S/c1-15(9-17-16)13(18-11(19)7-12(18)22-15)14(20)21-8-10-5-3-2-4-6-10/h2-6,9,12-13H,7-8H2,1H3/t12-,13+,15?/m1/s1. The van der Waals surface area contributed by atoms with Crippen LogP contribution in [0.4, 0.5) is 0 Å². The second kappa shape index (κ2) is 5.59. The van der Waals surface area contributed by atoms with Gasteiger partial charge in [-0.05, 0) is 12.5 Å². The van der Waals surface area contributed by atoms with Gasteiger partial charge in [0.25, 0.3) is 6.21 Å². The normalized spacial score (nSPS) is 29.3. The minimum Gasteiger partial charge on any atom is -0.459 e. The third-order valence-electron chi connectivity index (χ3n) is 3.92. The highest BCUT2D eigenvalue weighted by Crippen LogP contribution is 2.50. The van der Waals surface area contributed by atoms with Crippen LogP contribution in [-0.4, -0.2) is 43.9 Å². The average Bonchev–Trinajstić information content (AvgIpc) is 2.74. The van der Waals surface area contributed by atoms with Gasteiger partial charge in [-0.2, -0.15) is 4.79 Å². The number of nitrogens with zero attached hydrogens (tertiary/aromatic N) is 3. The van der Waals surface area contributed by atoms with E-state index in [1.165, 1.54) is 22.9 Å². The Bertz CT molecular complexity index is 659. The molecule has 3 atom stereocenters. The highest BCUT2D eigenvalue weighted by Gasteiger charge is 2.62. The van der Waals surface area contributed by atoms with Crippen molar-refractivity contribution in [3.8, 4) is 0 Å². The predicted molar refractivity (Wildman–Crippen MR) is 81.0 cm³/mol. The Morgan fingerprint density at radius 3 is 2.91 bits per heavy atom. The van der Waals surface area contributed by atoms with Crippen molar-refractivity contribution >= 4 is 29.9 Å². The molecule has 1 amide bonds. The van der Waals surface area contributed by atoms with Crippen molar-refractivity contribution < 1.29 is 19.1 Å². The lowest BCUT2D eigenvalue weighted by molar-refractivity contribution is -0.161. The van der Waals surface area contributed by atoms with Gasteiger partial charge in [0.05, 0.1) is 11.8 Å². The summed E-state index contributed by atoms with van der Waals surface area (Å²) in [5.41, 5.74) is 9.74. The summed E-state index contributed by atoms with van der Waals surface area (Å²) < 4.78 is 4.59. The number of carbonyl (C=O) groups excluding carboxylic acids is 2. The van der Waals surface area contributed by atoms with Gasteiger partial charge in [-0.25, -0.2) is 4.79 Å². The van der Waals surface area contributed by atoms with Gasteiger partial charge in [0.1, 0.15) is 11.4 Å². The molecule has 0 radical (unpaired) electrons. The van der Waals surface area contributed by atoms with Crippen LogP contribution in [0, 0.1) is 0 Å². The van der Waals surface area contributed by atoms with E-state index in [2.05, 4.69) is 4.79 Å². The molecule has 2 aliphatic heterocycles. The monoisotopic (exact) mass is 317 g/mol. The summed E-state index contributed by atoms with van der Waals surface area (Å²) in [4.78, 5) is 28.9. The van der Waals surface area contributed by atoms with Gasteiger partial charge in [-0.15, -0.1) is 11.8 Å². The Kier molecular flexibility index (Phi) is 3.76. The molecule has 0 bridgehead atoms. The summed E-state index contributed by atoms with van der Waals surface area (Å²) in [6, 6.07) is 8.59. The Morgan fingerprint density at radius 1 is 1.55 bits per heavy atom. The van der Waals surface area contributed by atoms with Gasteiger partial charge < -0.3 is 15.2 Å². The molecule has 2 fully saturated rings. The van der Waals surface area contributed by atoms with Crippen molar-refractivity contribution in [3.63, 3.8) is 0 Å². The lowest BCUT2D eigenvalue weighted by Gasteiger charge is -2.36. The number of fused-ring (bicyclic) bond motifs is 1. The van der Waals surface area contributed by atoms with Crippen LogP contribution in [0.3, 0.4) is 0 Å². The van der Waals surface area contributed by atoms with Crippen molar-refractivity contribution in [2.24, 2.45) is 0 Å². The maximum Gasteiger partial charge on any atom is 0.331 e. The molecule has 1 aromatic carbocycles. The molecule has 0 saturated carbocycles. The SMILES string of the molecule is CC1(C=[N+]=[N-])S[C@@H]2CC(=O)N2[C@H]1C(=O)OCc1ccccc1. The molecule has 2 heterocycles. The van der Waals surface area contributed by atoms with Crippen molar-refractivity contribution in [2.45, 2.75) is 36.1 Å². The number of hydrogen-bond donors (Lipinski definition) is 0. The fourth-order valence-electron chi connectivity index (χ4n) is 2.81. The van der Waals surface area contributed by atoms with Gasteiger partial charge >= 0.3 is 5.97 Å². The number of thioether (sulfide) groups is 1. The molecule has 2 saturated heterocycles. The second-order valence-electron chi connectivity index (χ2n) is 5.50. The highest BCUT2D eigenvalue weighted by atomic mass is 32.2. The zero-order chi connectivity index (χ0) is 15.7. The van der Waals surface area contributed by atoms with Crippen molar-refractivity contribution in [2.75, 3.05) is 0 Å². The van der Waals surface area contributed by atoms with E-state index in [9.17, 15) is 9.59 Å². The van der Waals surface area contributed by atoms with E-state index in [1.54, 1.807) is 6.92 Å². The van der Waals surface area contributed by atoms with Gasteiger partial charge in [0.15, 0.2) is 6.04 Å². The maximum absolute atomic E-state index is 12.5. The van der Waals surface area contributed by atoms with E-state index in [0.29, 0.717) is 6.42 Å². The fourth-order valence-corrected chi connectivity index (χ4v) is 4.43. The third-order valence-corrected chi connectivity index (χ3v) is 5.42. The number of amides is 1. The quantitative estimate of drug-likeness (QED) is 0.277. The summed E-state index contributed by atoms with van der Waals surface area (Å²) in [5.74, 6) is -0.552. The smallest absolute Gasteiger partial charge is 0.331 e. The third kappa shape index (κ3) is 2.42. The van der Waals surface area contributed by atoms with E-state index in [1.807, 2.05) is 30.3 Å². The molecule has 22 heavy (non-hydrogen) atoms. The van der Waals surface area contributed by atoms with Gasteiger partial charge in [0, 0.05) is 0 Å². The molecule has 6 nitrogen and oxygen atoms in total. The second-order valence-corrected chi connectivity index (χ2v) is 7.16. The minimum absolute atomic E-state index is 0.0511. The molecule has 0 spiro atoms. The van der Waals surface area contributed by atoms with Crippen molar-refractivity contribution in [1.29, 1.82) is 0 Å². The number of hydrogen-bond acceptors (Lipinski definition) is 4. The fraction of sp³-hybridized carbons (Fsp3) is 0.400. The summed E-state index contributed by atoms with van der Waals surface area (Å²) in [7, 11) is 0. The van der Waals surface area contributed by atoms with Gasteiger partial charge in [-0.3, -0.25) is 4.79 Å². The average molecular weight is 317 g/mol. The molecule has 7 heteroatoms. The summed E-state index contributed by atoms with van der Waals surface area (Å²) in [6.07, 6.45) is 1.71. The number of β-lactam (4-membered cyclic amide) rings is 1. The van der Waals surface area contributed by atoms with E-state index in [0.717, 1.165) is 5.56 Å². The molecule has 114 valence electrons. The molecular weight excluding hydrogens is 302 g/mol. The van der Waals surface area contributed by atoms with E-state index < -0.39 is 16.8 Å². The highest BCUT2D eigenvalue weighted by molar-refractivity contribution is 8.02. The van der Waals surface area contributed by atoms with Crippen molar-refractivity contribution in [3.05, 3.63) is 41.4 Å². The molecule has 3 rings (SSSR count). The largest absolute Gasteiger partial charge is 0.459 e. The Labute approximate surface area is 132 Å². The van der Waals surface area contributed by atoms with Crippen LogP contribution in [0.5, 0.6) is 0 Å². The number of rotatable bonds is 4. The summed E-state index contributed by atoms with van der Waals surface area (Å²) >= 11 is 1.44. The number of ether oxygens (including phenoxy) is 1. The summed E-state index contributed by atoms with van der Waals surface area (Å²) in [5, 5.41) is -0.0511. The Morgan fingerprint density at radius 2 is 2.27 bits per heavy atom. The van der Waals surface area contributed by atoms with Crippen LogP contribution >= 0.6 is 11.8 Å². The molecule has 1 unspecified atom stereocenters. The molecule has 1 aromatic rings. The first-order chi connectivity index (χ1) is 10.5. The van der Waals surface area contributed by atoms with Crippen LogP contribution in [0.2, 0.25) is 0 Å². The number of esters is 1. The zero-order valence-corrected chi connectivity index (χ0v) is 12.8. The number of benzene rings is 1. The zero-order valence-electron chi connectivity index (χ0n) is 12.0. The van der Waals surface area contributed by atoms with Crippen LogP contribution in [0.15, 0.2) is 30.3 Å². The van der Waals surface area contributed by atoms with Gasteiger partial charge in [0.2, 0.25) is 5.91 Å².